The number of methoxy groups -OCH3 is 1. The molecule has 0 aliphatic heterocycles. The molecular formula is C35H61N3O5. The second-order valence-corrected chi connectivity index (χ2v) is 12.0. The van der Waals surface area contributed by atoms with Gasteiger partial charge in [0.05, 0.1) is 12.7 Å². The summed E-state index contributed by atoms with van der Waals surface area (Å²) in [4.78, 5) is 39.8. The molecule has 1 aromatic rings. The number of carbonyl (C=O) groups excluding carboxylic acids is 3. The van der Waals surface area contributed by atoms with E-state index in [1.807, 2.05) is 19.0 Å². The average Bonchev–Trinajstić information content (AvgIpc) is 2.99. The predicted octanol–water partition coefficient (Wildman–Crippen LogP) is 8.07. The van der Waals surface area contributed by atoms with Gasteiger partial charge in [0.25, 0.3) is 5.91 Å². The van der Waals surface area contributed by atoms with Crippen LogP contribution >= 0.6 is 0 Å². The van der Waals surface area contributed by atoms with Gasteiger partial charge in [-0.3, -0.25) is 9.59 Å². The minimum Gasteiger partial charge on any atom is -0.497 e. The maximum Gasteiger partial charge on any atom is 0.407 e. The molecule has 0 saturated carbocycles. The quantitative estimate of drug-likeness (QED) is 0.0821. The zero-order valence-electron chi connectivity index (χ0n) is 28.0. The van der Waals surface area contributed by atoms with Crippen LogP contribution in [-0.2, 0) is 11.3 Å². The average molecular weight is 604 g/mol. The number of hydrogen-bond donors (Lipinski definition) is 2. The Morgan fingerprint density at radius 1 is 0.698 bits per heavy atom. The van der Waals surface area contributed by atoms with Crippen molar-refractivity contribution in [3.63, 3.8) is 0 Å². The monoisotopic (exact) mass is 603 g/mol. The lowest BCUT2D eigenvalue weighted by atomic mass is 9.97. The van der Waals surface area contributed by atoms with Crippen LogP contribution in [-0.4, -0.2) is 63.5 Å². The molecule has 0 radical (unpaired) electrons. The van der Waals surface area contributed by atoms with Gasteiger partial charge in [0, 0.05) is 24.2 Å². The lowest BCUT2D eigenvalue weighted by Gasteiger charge is -2.16. The van der Waals surface area contributed by atoms with Crippen molar-refractivity contribution < 1.29 is 23.9 Å². The number of unbranched alkanes of at least 4 members (excludes halogenated alkanes) is 15. The molecule has 1 rings (SSSR count). The van der Waals surface area contributed by atoms with Crippen LogP contribution in [0.15, 0.2) is 12.1 Å². The Kier molecular flexibility index (Phi) is 22.1. The first-order valence-corrected chi connectivity index (χ1v) is 16.9. The SMILES string of the molecule is CCCCCCCCCCCCCCCCCCNC(=O)c1cc(OC)cc(C(C)=O)c1COC(=O)NCCCN(C)C. The molecule has 0 atom stereocenters. The third-order valence-corrected chi connectivity index (χ3v) is 7.80. The van der Waals surface area contributed by atoms with Gasteiger partial charge in [-0.15, -0.1) is 0 Å². The molecular weight excluding hydrogens is 542 g/mol. The maximum absolute atomic E-state index is 13.1. The van der Waals surface area contributed by atoms with Crippen molar-refractivity contribution in [1.29, 1.82) is 0 Å². The van der Waals surface area contributed by atoms with Gasteiger partial charge in [-0.1, -0.05) is 103 Å². The largest absolute Gasteiger partial charge is 0.497 e. The number of alkyl carbamates (subject to hydrolysis) is 1. The summed E-state index contributed by atoms with van der Waals surface area (Å²) < 4.78 is 10.7. The van der Waals surface area contributed by atoms with Crippen LogP contribution < -0.4 is 15.4 Å². The van der Waals surface area contributed by atoms with Crippen molar-refractivity contribution in [2.24, 2.45) is 0 Å². The van der Waals surface area contributed by atoms with Crippen LogP contribution in [0.3, 0.4) is 0 Å². The molecule has 0 bridgehead atoms. The van der Waals surface area contributed by atoms with E-state index < -0.39 is 6.09 Å². The second kappa shape index (κ2) is 24.8. The van der Waals surface area contributed by atoms with E-state index >= 15 is 0 Å². The predicted molar refractivity (Wildman–Crippen MR) is 176 cm³/mol. The van der Waals surface area contributed by atoms with Gasteiger partial charge in [-0.05, 0) is 52.5 Å². The Morgan fingerprint density at radius 2 is 1.19 bits per heavy atom. The van der Waals surface area contributed by atoms with Crippen molar-refractivity contribution in [2.45, 2.75) is 130 Å². The molecule has 2 amide bonds. The van der Waals surface area contributed by atoms with E-state index in [2.05, 4.69) is 17.6 Å². The van der Waals surface area contributed by atoms with Crippen LogP contribution in [0, 0.1) is 0 Å². The van der Waals surface area contributed by atoms with Gasteiger partial charge in [0.15, 0.2) is 5.78 Å². The molecule has 43 heavy (non-hydrogen) atoms. The van der Waals surface area contributed by atoms with Gasteiger partial charge < -0.3 is 25.0 Å². The van der Waals surface area contributed by atoms with Gasteiger partial charge in [0.2, 0.25) is 0 Å². The number of ether oxygens (including phenoxy) is 2. The Balaban J connectivity index is 2.38. The zero-order chi connectivity index (χ0) is 31.7. The highest BCUT2D eigenvalue weighted by molar-refractivity contribution is 6.02. The minimum absolute atomic E-state index is 0.180. The van der Waals surface area contributed by atoms with Crippen molar-refractivity contribution in [2.75, 3.05) is 40.8 Å². The van der Waals surface area contributed by atoms with Crippen molar-refractivity contribution in [1.82, 2.24) is 15.5 Å². The number of hydrogen-bond acceptors (Lipinski definition) is 6. The Morgan fingerprint density at radius 3 is 1.67 bits per heavy atom. The van der Waals surface area contributed by atoms with E-state index in [4.69, 9.17) is 9.47 Å². The smallest absolute Gasteiger partial charge is 0.407 e. The number of rotatable bonds is 26. The molecule has 8 heteroatoms. The van der Waals surface area contributed by atoms with Crippen molar-refractivity contribution >= 4 is 17.8 Å². The van der Waals surface area contributed by atoms with Crippen LogP contribution in [0.4, 0.5) is 4.79 Å². The lowest BCUT2D eigenvalue weighted by Crippen LogP contribution is -2.29. The third-order valence-electron chi connectivity index (χ3n) is 7.80. The van der Waals surface area contributed by atoms with Crippen LogP contribution in [0.1, 0.15) is 149 Å². The Labute approximate surface area is 262 Å². The fourth-order valence-corrected chi connectivity index (χ4v) is 5.18. The highest BCUT2D eigenvalue weighted by atomic mass is 16.5. The Hall–Kier alpha value is -2.61. The molecule has 0 heterocycles. The van der Waals surface area contributed by atoms with E-state index in [9.17, 15) is 14.4 Å². The highest BCUT2D eigenvalue weighted by Crippen LogP contribution is 2.25. The summed E-state index contributed by atoms with van der Waals surface area (Å²) >= 11 is 0. The number of nitrogens with zero attached hydrogens (tertiary/aromatic N) is 1. The Bertz CT molecular complexity index is 919. The molecule has 246 valence electrons. The molecule has 2 N–H and O–H groups in total. The van der Waals surface area contributed by atoms with Crippen molar-refractivity contribution in [3.8, 4) is 5.75 Å². The molecule has 8 nitrogen and oxygen atoms in total. The van der Waals surface area contributed by atoms with E-state index in [1.165, 1.54) is 104 Å². The summed E-state index contributed by atoms with van der Waals surface area (Å²) in [6.07, 6.45) is 21.0. The zero-order valence-corrected chi connectivity index (χ0v) is 28.0. The van der Waals surface area contributed by atoms with Crippen LogP contribution in [0.25, 0.3) is 0 Å². The lowest BCUT2D eigenvalue weighted by molar-refractivity contribution is 0.0945. The topological polar surface area (TPSA) is 97.0 Å². The van der Waals surface area contributed by atoms with Crippen LogP contribution in [0.5, 0.6) is 5.75 Å². The van der Waals surface area contributed by atoms with Crippen LogP contribution in [0.2, 0.25) is 0 Å². The summed E-state index contributed by atoms with van der Waals surface area (Å²) in [6, 6.07) is 3.19. The van der Waals surface area contributed by atoms with Gasteiger partial charge in [-0.25, -0.2) is 4.79 Å². The van der Waals surface area contributed by atoms with E-state index in [0.717, 1.165) is 25.8 Å². The molecule has 0 aliphatic carbocycles. The van der Waals surface area contributed by atoms with Gasteiger partial charge >= 0.3 is 6.09 Å². The number of ketones is 1. The standard InChI is InChI=1S/C35H61N3O5/c1-6-7-8-9-10-11-12-13-14-15-16-17-18-19-20-21-23-36-34(40)32-27-30(42-5)26-31(29(2)39)33(32)28-43-35(41)37-24-22-25-38(3)4/h26-27H,6-25,28H2,1-5H3,(H,36,40)(H,37,41). The van der Waals surface area contributed by atoms with Crippen molar-refractivity contribution in [3.05, 3.63) is 28.8 Å². The number of Topliss-reactive ketones (excluding diaryl/α,β-unsaturated/α-hetero) is 1. The van der Waals surface area contributed by atoms with Gasteiger partial charge in [0.1, 0.15) is 12.4 Å². The third kappa shape index (κ3) is 18.6. The van der Waals surface area contributed by atoms with E-state index in [1.54, 1.807) is 12.1 Å². The minimum atomic E-state index is -0.580. The normalized spacial score (nSPS) is 11.0. The molecule has 0 aromatic heterocycles. The fourth-order valence-electron chi connectivity index (χ4n) is 5.18. The second-order valence-electron chi connectivity index (χ2n) is 12.0. The first-order valence-electron chi connectivity index (χ1n) is 16.9. The number of nitrogens with one attached hydrogen (secondary N) is 2. The summed E-state index contributed by atoms with van der Waals surface area (Å²) in [7, 11) is 5.44. The molecule has 0 aliphatic rings. The number of benzene rings is 1. The molecule has 0 spiro atoms. The molecule has 0 fully saturated rings. The number of amides is 2. The summed E-state index contributed by atoms with van der Waals surface area (Å²) in [5.74, 6) is -0.113. The fraction of sp³-hybridized carbons (Fsp3) is 0.743. The molecule has 1 aromatic carbocycles. The molecule has 0 saturated heterocycles. The van der Waals surface area contributed by atoms with E-state index in [-0.39, 0.29) is 18.3 Å². The summed E-state index contributed by atoms with van der Waals surface area (Å²) in [6.45, 7) is 5.39. The molecule has 0 unspecified atom stereocenters. The maximum atomic E-state index is 13.1. The van der Waals surface area contributed by atoms with Gasteiger partial charge in [-0.2, -0.15) is 0 Å². The summed E-state index contributed by atoms with van der Waals surface area (Å²) in [5, 5.41) is 5.70. The number of carbonyl (C=O) groups is 3. The summed E-state index contributed by atoms with van der Waals surface area (Å²) in [5.41, 5.74) is 0.995. The first-order chi connectivity index (χ1) is 20.8. The van der Waals surface area contributed by atoms with E-state index in [0.29, 0.717) is 35.5 Å². The highest BCUT2D eigenvalue weighted by Gasteiger charge is 2.21. The first kappa shape index (κ1) is 38.4.